The number of amides is 1. The van der Waals surface area contributed by atoms with E-state index in [9.17, 15) is 9.18 Å². The van der Waals surface area contributed by atoms with Gasteiger partial charge in [-0.3, -0.25) is 4.79 Å². The standard InChI is InChI=1S/C21H22FN3OS/c1-14-5-7-15(8-6-14)13-23-20(26)16-9-11-25(12-10-16)21-24-19-17(22)3-2-4-18(19)27-21/h2-8,16H,9-13H2,1H3,(H,23,26). The summed E-state index contributed by atoms with van der Waals surface area (Å²) >= 11 is 1.51. The lowest BCUT2D eigenvalue weighted by atomic mass is 9.96. The Kier molecular flexibility index (Phi) is 5.07. The van der Waals surface area contributed by atoms with E-state index in [2.05, 4.69) is 34.3 Å². The van der Waals surface area contributed by atoms with Crippen LogP contribution >= 0.6 is 11.3 Å². The number of hydrogen-bond acceptors (Lipinski definition) is 4. The maximum atomic E-state index is 13.9. The highest BCUT2D eigenvalue weighted by molar-refractivity contribution is 7.22. The smallest absolute Gasteiger partial charge is 0.223 e. The molecule has 4 nitrogen and oxygen atoms in total. The number of para-hydroxylation sites is 1. The molecule has 3 aromatic rings. The number of piperidine rings is 1. The topological polar surface area (TPSA) is 45.2 Å². The minimum atomic E-state index is -0.277. The first-order valence-electron chi connectivity index (χ1n) is 9.23. The van der Waals surface area contributed by atoms with Gasteiger partial charge in [-0.1, -0.05) is 47.2 Å². The number of nitrogens with zero attached hydrogens (tertiary/aromatic N) is 2. The van der Waals surface area contributed by atoms with Crippen LogP contribution in [0.3, 0.4) is 0 Å². The zero-order chi connectivity index (χ0) is 18.8. The van der Waals surface area contributed by atoms with Gasteiger partial charge >= 0.3 is 0 Å². The van der Waals surface area contributed by atoms with Gasteiger partial charge in [-0.25, -0.2) is 9.37 Å². The van der Waals surface area contributed by atoms with Gasteiger partial charge in [0.05, 0.1) is 4.70 Å². The Bertz CT molecular complexity index is 946. The maximum absolute atomic E-state index is 13.9. The molecule has 27 heavy (non-hydrogen) atoms. The number of hydrogen-bond donors (Lipinski definition) is 1. The van der Waals surface area contributed by atoms with E-state index in [0.29, 0.717) is 12.1 Å². The van der Waals surface area contributed by atoms with Gasteiger partial charge in [-0.05, 0) is 37.5 Å². The average molecular weight is 383 g/mol. The van der Waals surface area contributed by atoms with Crippen LogP contribution in [0.15, 0.2) is 42.5 Å². The van der Waals surface area contributed by atoms with Crippen molar-refractivity contribution in [1.29, 1.82) is 0 Å². The molecule has 2 aromatic carbocycles. The van der Waals surface area contributed by atoms with Crippen molar-refractivity contribution in [2.45, 2.75) is 26.3 Å². The average Bonchev–Trinajstić information content (AvgIpc) is 3.13. The normalized spacial score (nSPS) is 15.3. The molecular weight excluding hydrogens is 361 g/mol. The molecular formula is C21H22FN3OS. The SMILES string of the molecule is Cc1ccc(CNC(=O)C2CCN(c3nc4c(F)cccc4s3)CC2)cc1. The number of aromatic nitrogens is 1. The molecule has 0 spiro atoms. The summed E-state index contributed by atoms with van der Waals surface area (Å²) in [7, 11) is 0. The van der Waals surface area contributed by atoms with Gasteiger partial charge in [-0.15, -0.1) is 0 Å². The van der Waals surface area contributed by atoms with E-state index in [1.54, 1.807) is 6.07 Å². The van der Waals surface area contributed by atoms with Gasteiger partial charge in [-0.2, -0.15) is 0 Å². The maximum Gasteiger partial charge on any atom is 0.223 e. The second kappa shape index (κ2) is 7.64. The Hall–Kier alpha value is -2.47. The summed E-state index contributed by atoms with van der Waals surface area (Å²) in [5.41, 5.74) is 2.77. The minimum absolute atomic E-state index is 0.0258. The van der Waals surface area contributed by atoms with Crippen molar-refractivity contribution in [1.82, 2.24) is 10.3 Å². The summed E-state index contributed by atoms with van der Waals surface area (Å²) in [4.78, 5) is 19.1. The van der Waals surface area contributed by atoms with Gasteiger partial charge in [0, 0.05) is 25.6 Å². The quantitative estimate of drug-likeness (QED) is 0.732. The lowest BCUT2D eigenvalue weighted by Gasteiger charge is -2.31. The highest BCUT2D eigenvalue weighted by atomic mass is 32.1. The molecule has 1 N–H and O–H groups in total. The van der Waals surface area contributed by atoms with Crippen LogP contribution in [0.2, 0.25) is 0 Å². The fourth-order valence-electron chi connectivity index (χ4n) is 3.41. The molecule has 0 bridgehead atoms. The van der Waals surface area contributed by atoms with E-state index in [-0.39, 0.29) is 17.6 Å². The van der Waals surface area contributed by atoms with Crippen molar-refractivity contribution in [3.05, 3.63) is 59.4 Å². The molecule has 1 saturated heterocycles. The van der Waals surface area contributed by atoms with E-state index < -0.39 is 0 Å². The first kappa shape index (κ1) is 17.9. The zero-order valence-electron chi connectivity index (χ0n) is 15.2. The van der Waals surface area contributed by atoms with Gasteiger partial charge < -0.3 is 10.2 Å². The predicted octanol–water partition coefficient (Wildman–Crippen LogP) is 4.28. The first-order valence-corrected chi connectivity index (χ1v) is 10.0. The van der Waals surface area contributed by atoms with Crippen LogP contribution in [0.4, 0.5) is 9.52 Å². The first-order chi connectivity index (χ1) is 13.1. The Labute approximate surface area is 162 Å². The number of anilines is 1. The molecule has 6 heteroatoms. The molecule has 2 heterocycles. The Morgan fingerprint density at radius 3 is 2.67 bits per heavy atom. The van der Waals surface area contributed by atoms with Crippen LogP contribution in [-0.4, -0.2) is 24.0 Å². The van der Waals surface area contributed by atoms with Crippen LogP contribution in [0.25, 0.3) is 10.2 Å². The molecule has 1 aliphatic rings. The zero-order valence-corrected chi connectivity index (χ0v) is 16.1. The van der Waals surface area contributed by atoms with Crippen LogP contribution in [-0.2, 0) is 11.3 Å². The number of carbonyl (C=O) groups is 1. The molecule has 1 fully saturated rings. The number of aryl methyl sites for hydroxylation is 1. The fraction of sp³-hybridized carbons (Fsp3) is 0.333. The summed E-state index contributed by atoms with van der Waals surface area (Å²) in [5, 5.41) is 3.89. The number of rotatable bonds is 4. The van der Waals surface area contributed by atoms with Crippen molar-refractivity contribution in [2.75, 3.05) is 18.0 Å². The van der Waals surface area contributed by atoms with E-state index in [1.165, 1.54) is 23.0 Å². The molecule has 0 saturated carbocycles. The van der Waals surface area contributed by atoms with Crippen LogP contribution in [0, 0.1) is 18.7 Å². The molecule has 0 atom stereocenters. The number of fused-ring (bicyclic) bond motifs is 1. The minimum Gasteiger partial charge on any atom is -0.352 e. The summed E-state index contributed by atoms with van der Waals surface area (Å²) in [5.74, 6) is -0.135. The fourth-order valence-corrected chi connectivity index (χ4v) is 4.44. The molecule has 140 valence electrons. The lowest BCUT2D eigenvalue weighted by molar-refractivity contribution is -0.125. The second-order valence-electron chi connectivity index (χ2n) is 7.05. The van der Waals surface area contributed by atoms with E-state index in [4.69, 9.17) is 0 Å². The molecule has 0 radical (unpaired) electrons. The largest absolute Gasteiger partial charge is 0.352 e. The van der Waals surface area contributed by atoms with Crippen molar-refractivity contribution in [2.24, 2.45) is 5.92 Å². The number of halogens is 1. The molecule has 0 aliphatic carbocycles. The van der Waals surface area contributed by atoms with Crippen molar-refractivity contribution < 1.29 is 9.18 Å². The predicted molar refractivity (Wildman–Crippen MR) is 108 cm³/mol. The third-order valence-electron chi connectivity index (χ3n) is 5.08. The van der Waals surface area contributed by atoms with Crippen molar-refractivity contribution in [3.8, 4) is 0 Å². The second-order valence-corrected chi connectivity index (χ2v) is 8.06. The van der Waals surface area contributed by atoms with Gasteiger partial charge in [0.2, 0.25) is 5.91 Å². The Balaban J connectivity index is 1.33. The monoisotopic (exact) mass is 383 g/mol. The van der Waals surface area contributed by atoms with E-state index in [1.807, 2.05) is 18.2 Å². The van der Waals surface area contributed by atoms with Crippen LogP contribution < -0.4 is 10.2 Å². The Morgan fingerprint density at radius 2 is 1.96 bits per heavy atom. The molecule has 1 aromatic heterocycles. The summed E-state index contributed by atoms with van der Waals surface area (Å²) in [6, 6.07) is 13.3. The molecule has 1 aliphatic heterocycles. The lowest BCUT2D eigenvalue weighted by Crippen LogP contribution is -2.40. The number of carbonyl (C=O) groups excluding carboxylic acids is 1. The molecule has 1 amide bonds. The third kappa shape index (κ3) is 3.95. The highest BCUT2D eigenvalue weighted by Crippen LogP contribution is 2.32. The van der Waals surface area contributed by atoms with Crippen LogP contribution in [0.5, 0.6) is 0 Å². The van der Waals surface area contributed by atoms with Gasteiger partial charge in [0.15, 0.2) is 5.13 Å². The third-order valence-corrected chi connectivity index (χ3v) is 6.16. The van der Waals surface area contributed by atoms with Crippen molar-refractivity contribution >= 4 is 32.6 Å². The van der Waals surface area contributed by atoms with Gasteiger partial charge in [0.25, 0.3) is 0 Å². The highest BCUT2D eigenvalue weighted by Gasteiger charge is 2.26. The molecule has 4 rings (SSSR count). The van der Waals surface area contributed by atoms with Crippen LogP contribution in [0.1, 0.15) is 24.0 Å². The number of nitrogens with one attached hydrogen (secondary N) is 1. The number of thiazole rings is 1. The summed E-state index contributed by atoms with van der Waals surface area (Å²) < 4.78 is 14.7. The van der Waals surface area contributed by atoms with E-state index >= 15 is 0 Å². The van der Waals surface area contributed by atoms with E-state index in [0.717, 1.165) is 41.3 Å². The van der Waals surface area contributed by atoms with Gasteiger partial charge in [0.1, 0.15) is 11.3 Å². The Morgan fingerprint density at radius 1 is 1.22 bits per heavy atom. The number of benzene rings is 2. The summed E-state index contributed by atoms with van der Waals surface area (Å²) in [6.45, 7) is 4.15. The summed E-state index contributed by atoms with van der Waals surface area (Å²) in [6.07, 6.45) is 1.58. The van der Waals surface area contributed by atoms with Crippen molar-refractivity contribution in [3.63, 3.8) is 0 Å². The molecule has 0 unspecified atom stereocenters.